The minimum Gasteiger partial charge on any atom is -0.377 e. The first-order valence-corrected chi connectivity index (χ1v) is 11.0. The Morgan fingerprint density at radius 1 is 1.03 bits per heavy atom. The lowest BCUT2D eigenvalue weighted by molar-refractivity contribution is -0.167. The first-order valence-electron chi connectivity index (χ1n) is 11.0. The van der Waals surface area contributed by atoms with Crippen LogP contribution in [0.15, 0.2) is 73.3 Å². The average molecular weight is 423 g/mol. The van der Waals surface area contributed by atoms with Crippen molar-refractivity contribution in [3.05, 3.63) is 84.4 Å². The molecule has 0 saturated carbocycles. The highest BCUT2D eigenvalue weighted by Crippen LogP contribution is 2.37. The summed E-state index contributed by atoms with van der Waals surface area (Å²) in [7, 11) is 0. The van der Waals surface area contributed by atoms with Gasteiger partial charge in [-0.25, -0.2) is 0 Å². The molecule has 0 spiro atoms. The predicted molar refractivity (Wildman–Crippen MR) is 123 cm³/mol. The molecule has 1 fully saturated rings. The van der Waals surface area contributed by atoms with Crippen LogP contribution in [0, 0.1) is 0 Å². The molecule has 0 bridgehead atoms. The molecule has 0 unspecified atom stereocenters. The monoisotopic (exact) mass is 422 g/mol. The SMILES string of the molecule is C=CC[C@@]1(C)O[C@@](C)(CCOCc2ccccc2)C[C@H](OCc2ccccc2)CC1=O. The van der Waals surface area contributed by atoms with Gasteiger partial charge in [0, 0.05) is 25.9 Å². The molecular formula is C27H34O4. The van der Waals surface area contributed by atoms with E-state index in [2.05, 4.69) is 25.6 Å². The van der Waals surface area contributed by atoms with Crippen molar-refractivity contribution in [1.29, 1.82) is 0 Å². The molecule has 3 atom stereocenters. The second-order valence-electron chi connectivity index (χ2n) is 8.81. The number of carbonyl (C=O) groups is 1. The van der Waals surface area contributed by atoms with Gasteiger partial charge in [0.05, 0.1) is 24.9 Å². The quantitative estimate of drug-likeness (QED) is 0.366. The summed E-state index contributed by atoms with van der Waals surface area (Å²) in [6.07, 6.45) is 3.72. The van der Waals surface area contributed by atoms with Crippen LogP contribution in [0.25, 0.3) is 0 Å². The van der Waals surface area contributed by atoms with Crippen molar-refractivity contribution in [1.82, 2.24) is 0 Å². The molecule has 2 aromatic carbocycles. The van der Waals surface area contributed by atoms with E-state index < -0.39 is 11.2 Å². The zero-order valence-corrected chi connectivity index (χ0v) is 18.7. The Labute approximate surface area is 186 Å². The minimum atomic E-state index is -0.888. The maximum atomic E-state index is 13.1. The number of Topliss-reactive ketones (excluding diaryl/α,β-unsaturated/α-hetero) is 1. The van der Waals surface area contributed by atoms with E-state index in [9.17, 15) is 4.79 Å². The van der Waals surface area contributed by atoms with Gasteiger partial charge in [-0.15, -0.1) is 6.58 Å². The summed E-state index contributed by atoms with van der Waals surface area (Å²) in [4.78, 5) is 13.1. The Hall–Kier alpha value is -2.27. The van der Waals surface area contributed by atoms with E-state index in [4.69, 9.17) is 14.2 Å². The molecule has 2 aromatic rings. The molecule has 3 rings (SSSR count). The van der Waals surface area contributed by atoms with Gasteiger partial charge in [0.1, 0.15) is 5.60 Å². The molecule has 0 amide bonds. The fraction of sp³-hybridized carbons (Fsp3) is 0.444. The van der Waals surface area contributed by atoms with Crippen LogP contribution in [0.1, 0.15) is 50.7 Å². The number of ketones is 1. The topological polar surface area (TPSA) is 44.8 Å². The molecule has 31 heavy (non-hydrogen) atoms. The first kappa shape index (κ1) is 23.4. The van der Waals surface area contributed by atoms with Gasteiger partial charge in [0.2, 0.25) is 0 Å². The second-order valence-corrected chi connectivity index (χ2v) is 8.81. The van der Waals surface area contributed by atoms with Crippen LogP contribution in [0.3, 0.4) is 0 Å². The van der Waals surface area contributed by atoms with E-state index in [1.165, 1.54) is 0 Å². The normalized spacial score (nSPS) is 26.4. The smallest absolute Gasteiger partial charge is 0.167 e. The summed E-state index contributed by atoms with van der Waals surface area (Å²) >= 11 is 0. The lowest BCUT2D eigenvalue weighted by atomic mass is 9.92. The molecule has 0 N–H and O–H groups in total. The van der Waals surface area contributed by atoms with Gasteiger partial charge < -0.3 is 14.2 Å². The van der Waals surface area contributed by atoms with Crippen molar-refractivity contribution in [3.63, 3.8) is 0 Å². The van der Waals surface area contributed by atoms with Crippen molar-refractivity contribution in [2.75, 3.05) is 6.61 Å². The van der Waals surface area contributed by atoms with E-state index >= 15 is 0 Å². The third-order valence-corrected chi connectivity index (χ3v) is 5.88. The highest BCUT2D eigenvalue weighted by atomic mass is 16.5. The lowest BCUT2D eigenvalue weighted by Crippen LogP contribution is -2.44. The highest BCUT2D eigenvalue weighted by molar-refractivity contribution is 5.87. The number of hydrogen-bond acceptors (Lipinski definition) is 4. The van der Waals surface area contributed by atoms with Crippen LogP contribution in [-0.4, -0.2) is 29.7 Å². The van der Waals surface area contributed by atoms with Crippen LogP contribution in [-0.2, 0) is 32.2 Å². The summed E-state index contributed by atoms with van der Waals surface area (Å²) < 4.78 is 18.6. The zero-order valence-electron chi connectivity index (χ0n) is 18.7. The van der Waals surface area contributed by atoms with Gasteiger partial charge >= 0.3 is 0 Å². The third-order valence-electron chi connectivity index (χ3n) is 5.88. The van der Waals surface area contributed by atoms with Gasteiger partial charge in [-0.05, 0) is 31.4 Å². The maximum absolute atomic E-state index is 13.1. The largest absolute Gasteiger partial charge is 0.377 e. The van der Waals surface area contributed by atoms with Gasteiger partial charge in [-0.3, -0.25) is 4.79 Å². The number of carbonyl (C=O) groups excluding carboxylic acids is 1. The fourth-order valence-corrected chi connectivity index (χ4v) is 4.16. The maximum Gasteiger partial charge on any atom is 0.167 e. The molecule has 0 aromatic heterocycles. The van der Waals surface area contributed by atoms with Crippen molar-refractivity contribution >= 4 is 5.78 Å². The Bertz CT molecular complexity index is 835. The first-order chi connectivity index (χ1) is 14.9. The Balaban J connectivity index is 1.65. The lowest BCUT2D eigenvalue weighted by Gasteiger charge is -2.37. The van der Waals surface area contributed by atoms with Crippen LogP contribution in [0.5, 0.6) is 0 Å². The molecule has 166 valence electrons. The third kappa shape index (κ3) is 6.86. The summed E-state index contributed by atoms with van der Waals surface area (Å²) in [5, 5.41) is 0. The number of hydrogen-bond donors (Lipinski definition) is 0. The van der Waals surface area contributed by atoms with Gasteiger partial charge in [0.15, 0.2) is 5.78 Å². The van der Waals surface area contributed by atoms with Crippen LogP contribution in [0.2, 0.25) is 0 Å². The standard InChI is InChI=1S/C27H34O4/c1-4-15-27(3)25(28)18-24(30-21-23-13-9-6-10-14-23)19-26(2,31-27)16-17-29-20-22-11-7-5-8-12-22/h4-14,24H,1,15-21H2,2-3H3/t24-,26+,27-/m1/s1. The van der Waals surface area contributed by atoms with E-state index in [0.717, 1.165) is 11.1 Å². The summed E-state index contributed by atoms with van der Waals surface area (Å²) in [5.41, 5.74) is 0.829. The summed E-state index contributed by atoms with van der Waals surface area (Å²) in [6.45, 7) is 9.37. The van der Waals surface area contributed by atoms with Gasteiger partial charge in [0.25, 0.3) is 0 Å². The number of benzene rings is 2. The van der Waals surface area contributed by atoms with Crippen molar-refractivity contribution in [3.8, 4) is 0 Å². The molecule has 0 radical (unpaired) electrons. The molecule has 1 aliphatic heterocycles. The molecule has 1 heterocycles. The van der Waals surface area contributed by atoms with E-state index in [1.807, 2.05) is 55.5 Å². The van der Waals surface area contributed by atoms with E-state index in [-0.39, 0.29) is 11.9 Å². The Kier molecular flexibility index (Phi) is 8.19. The predicted octanol–water partition coefficient (Wildman–Crippen LogP) is 5.65. The number of rotatable bonds is 10. The van der Waals surface area contributed by atoms with E-state index in [0.29, 0.717) is 45.5 Å². The molecule has 1 aliphatic rings. The van der Waals surface area contributed by atoms with Crippen molar-refractivity contribution in [2.45, 2.75) is 70.1 Å². The van der Waals surface area contributed by atoms with Gasteiger partial charge in [-0.1, -0.05) is 66.7 Å². The van der Waals surface area contributed by atoms with Gasteiger partial charge in [-0.2, -0.15) is 0 Å². The summed E-state index contributed by atoms with van der Waals surface area (Å²) in [6, 6.07) is 20.2. The Morgan fingerprint density at radius 2 is 1.65 bits per heavy atom. The molecule has 4 nitrogen and oxygen atoms in total. The fourth-order valence-electron chi connectivity index (χ4n) is 4.16. The van der Waals surface area contributed by atoms with Crippen molar-refractivity contribution in [2.24, 2.45) is 0 Å². The Morgan fingerprint density at radius 3 is 2.26 bits per heavy atom. The van der Waals surface area contributed by atoms with Crippen LogP contribution < -0.4 is 0 Å². The molecular weight excluding hydrogens is 388 g/mol. The highest BCUT2D eigenvalue weighted by Gasteiger charge is 2.45. The minimum absolute atomic E-state index is 0.0689. The van der Waals surface area contributed by atoms with E-state index in [1.54, 1.807) is 6.08 Å². The van der Waals surface area contributed by atoms with Crippen molar-refractivity contribution < 1.29 is 19.0 Å². The zero-order chi connectivity index (χ0) is 22.2. The summed E-state index contributed by atoms with van der Waals surface area (Å²) in [5.74, 6) is 0.0689. The van der Waals surface area contributed by atoms with Crippen LogP contribution in [0.4, 0.5) is 0 Å². The second kappa shape index (κ2) is 10.9. The molecule has 0 aliphatic carbocycles. The molecule has 4 heteroatoms. The number of ether oxygens (including phenoxy) is 3. The molecule has 1 saturated heterocycles. The van der Waals surface area contributed by atoms with Crippen LogP contribution >= 0.6 is 0 Å². The average Bonchev–Trinajstić information content (AvgIpc) is 2.85.